The van der Waals surface area contributed by atoms with Crippen LogP contribution in [-0.2, 0) is 0 Å². The van der Waals surface area contributed by atoms with Crippen molar-refractivity contribution in [3.05, 3.63) is 21.5 Å². The molecule has 0 bridgehead atoms. The first-order valence-corrected chi connectivity index (χ1v) is 7.17. The number of aryl methyl sites for hydroxylation is 1. The second kappa shape index (κ2) is 6.66. The van der Waals surface area contributed by atoms with Crippen LogP contribution in [0.1, 0.15) is 35.4 Å². The number of nitrogens with one attached hydrogen (secondary N) is 2. The predicted octanol–water partition coefficient (Wildman–Crippen LogP) is 1.09. The van der Waals surface area contributed by atoms with Gasteiger partial charge in [-0.1, -0.05) is 0 Å². The number of nitro groups is 1. The third-order valence-electron chi connectivity index (χ3n) is 4.00. The van der Waals surface area contributed by atoms with E-state index in [1.54, 1.807) is 11.8 Å². The van der Waals surface area contributed by atoms with Crippen LogP contribution in [0.15, 0.2) is 0 Å². The van der Waals surface area contributed by atoms with Crippen molar-refractivity contribution in [1.29, 1.82) is 0 Å². The van der Waals surface area contributed by atoms with Gasteiger partial charge in [-0.05, 0) is 45.7 Å². The van der Waals surface area contributed by atoms with Crippen LogP contribution in [-0.4, -0.2) is 52.6 Å². The monoisotopic (exact) mass is 295 g/mol. The first kappa shape index (κ1) is 15.4. The summed E-state index contributed by atoms with van der Waals surface area (Å²) in [4.78, 5) is 24.5. The molecule has 21 heavy (non-hydrogen) atoms. The van der Waals surface area contributed by atoms with Crippen molar-refractivity contribution in [2.24, 2.45) is 5.92 Å². The molecular formula is C13H21N5O3. The van der Waals surface area contributed by atoms with E-state index in [4.69, 9.17) is 0 Å². The number of aromatic amines is 1. The number of aromatic nitrogens is 2. The van der Waals surface area contributed by atoms with Gasteiger partial charge in [-0.2, -0.15) is 5.10 Å². The lowest BCUT2D eigenvalue weighted by atomic mass is 9.93. The zero-order chi connectivity index (χ0) is 15.4. The molecule has 1 aromatic rings. The molecule has 2 rings (SSSR count). The van der Waals surface area contributed by atoms with E-state index in [-0.39, 0.29) is 17.3 Å². The smallest absolute Gasteiger partial charge is 0.322 e. The standard InChI is InChI=1S/C13H21N5O3/c1-9-12(18(20)21)11(16-15-9)13(19)17-7-4-10(5-8-17)3-6-14-2/h10,14H,3-8H2,1-2H3,(H,15,16). The molecule has 0 spiro atoms. The lowest BCUT2D eigenvalue weighted by Crippen LogP contribution is -2.39. The number of hydrogen-bond acceptors (Lipinski definition) is 5. The maximum absolute atomic E-state index is 12.4. The highest BCUT2D eigenvalue weighted by molar-refractivity contribution is 5.96. The molecule has 0 aliphatic carbocycles. The maximum Gasteiger partial charge on any atom is 0.322 e. The molecule has 0 unspecified atom stereocenters. The number of H-pyrrole nitrogens is 1. The number of rotatable bonds is 5. The van der Waals surface area contributed by atoms with Crippen molar-refractivity contribution in [2.45, 2.75) is 26.2 Å². The fraction of sp³-hybridized carbons (Fsp3) is 0.692. The van der Waals surface area contributed by atoms with Crippen LogP contribution in [0.3, 0.4) is 0 Å². The molecule has 0 aromatic carbocycles. The van der Waals surface area contributed by atoms with Gasteiger partial charge in [0.1, 0.15) is 5.69 Å². The molecule has 116 valence electrons. The molecule has 1 aliphatic rings. The van der Waals surface area contributed by atoms with Gasteiger partial charge in [0.25, 0.3) is 5.91 Å². The minimum Gasteiger partial charge on any atom is -0.337 e. The fourth-order valence-electron chi connectivity index (χ4n) is 2.72. The summed E-state index contributed by atoms with van der Waals surface area (Å²) < 4.78 is 0. The van der Waals surface area contributed by atoms with Crippen LogP contribution in [0.4, 0.5) is 5.69 Å². The molecule has 0 atom stereocenters. The number of piperidine rings is 1. The summed E-state index contributed by atoms with van der Waals surface area (Å²) in [6.07, 6.45) is 2.97. The van der Waals surface area contributed by atoms with Gasteiger partial charge in [-0.3, -0.25) is 20.0 Å². The van der Waals surface area contributed by atoms with Crippen molar-refractivity contribution >= 4 is 11.6 Å². The molecule has 8 nitrogen and oxygen atoms in total. The largest absolute Gasteiger partial charge is 0.337 e. The SMILES string of the molecule is CNCCC1CCN(C(=O)c2n[nH]c(C)c2[N+](=O)[O-])CC1. The second-order valence-corrected chi connectivity index (χ2v) is 5.43. The minimum absolute atomic E-state index is 0.0776. The van der Waals surface area contributed by atoms with Crippen molar-refractivity contribution in [3.63, 3.8) is 0 Å². The Morgan fingerprint density at radius 2 is 2.19 bits per heavy atom. The highest BCUT2D eigenvalue weighted by Crippen LogP contribution is 2.25. The number of hydrogen-bond donors (Lipinski definition) is 2. The zero-order valence-corrected chi connectivity index (χ0v) is 12.4. The Labute approximate surface area is 123 Å². The Bertz CT molecular complexity index is 520. The lowest BCUT2D eigenvalue weighted by Gasteiger charge is -2.31. The van der Waals surface area contributed by atoms with Gasteiger partial charge in [0.2, 0.25) is 5.69 Å². The molecular weight excluding hydrogens is 274 g/mol. The molecule has 0 radical (unpaired) electrons. The summed E-state index contributed by atoms with van der Waals surface area (Å²) in [5.74, 6) is 0.260. The maximum atomic E-state index is 12.4. The number of carbonyl (C=O) groups excluding carboxylic acids is 1. The number of amides is 1. The van der Waals surface area contributed by atoms with Crippen LogP contribution in [0.25, 0.3) is 0 Å². The molecule has 1 fully saturated rings. The van der Waals surface area contributed by atoms with E-state index in [1.807, 2.05) is 7.05 Å². The van der Waals surface area contributed by atoms with Gasteiger partial charge in [0.05, 0.1) is 4.92 Å². The van der Waals surface area contributed by atoms with Crippen LogP contribution in [0.2, 0.25) is 0 Å². The summed E-state index contributed by atoms with van der Waals surface area (Å²) in [5, 5.41) is 20.5. The predicted molar refractivity (Wildman–Crippen MR) is 77.2 cm³/mol. The van der Waals surface area contributed by atoms with Crippen LogP contribution >= 0.6 is 0 Å². The van der Waals surface area contributed by atoms with Crippen LogP contribution in [0.5, 0.6) is 0 Å². The van der Waals surface area contributed by atoms with E-state index < -0.39 is 4.92 Å². The number of nitrogens with zero attached hydrogens (tertiary/aromatic N) is 3. The molecule has 1 amide bonds. The average Bonchev–Trinajstić information content (AvgIpc) is 2.87. The molecule has 2 N–H and O–H groups in total. The van der Waals surface area contributed by atoms with E-state index in [1.165, 1.54) is 0 Å². The Balaban J connectivity index is 2.01. The third-order valence-corrected chi connectivity index (χ3v) is 4.00. The normalized spacial score (nSPS) is 16.2. The Hall–Kier alpha value is -1.96. The molecule has 1 saturated heterocycles. The van der Waals surface area contributed by atoms with Crippen molar-refractivity contribution < 1.29 is 9.72 Å². The van der Waals surface area contributed by atoms with Gasteiger partial charge in [0.15, 0.2) is 0 Å². The van der Waals surface area contributed by atoms with Gasteiger partial charge in [-0.25, -0.2) is 0 Å². The molecule has 1 aromatic heterocycles. The topological polar surface area (TPSA) is 104 Å². The van der Waals surface area contributed by atoms with Gasteiger partial charge >= 0.3 is 5.69 Å². The summed E-state index contributed by atoms with van der Waals surface area (Å²) in [6, 6.07) is 0. The fourth-order valence-corrected chi connectivity index (χ4v) is 2.72. The molecule has 0 saturated carbocycles. The minimum atomic E-state index is -0.550. The molecule has 8 heteroatoms. The highest BCUT2D eigenvalue weighted by atomic mass is 16.6. The Kier molecular flexibility index (Phi) is 4.89. The van der Waals surface area contributed by atoms with Crippen LogP contribution < -0.4 is 5.32 Å². The summed E-state index contributed by atoms with van der Waals surface area (Å²) >= 11 is 0. The number of likely N-dealkylation sites (tertiary alicyclic amines) is 1. The van der Waals surface area contributed by atoms with E-state index in [0.717, 1.165) is 25.8 Å². The van der Waals surface area contributed by atoms with Gasteiger partial charge in [-0.15, -0.1) is 0 Å². The van der Waals surface area contributed by atoms with Crippen molar-refractivity contribution in [3.8, 4) is 0 Å². The van der Waals surface area contributed by atoms with E-state index in [9.17, 15) is 14.9 Å². The first-order valence-electron chi connectivity index (χ1n) is 7.17. The summed E-state index contributed by atoms with van der Waals surface area (Å²) in [5.41, 5.74) is 0.0238. The van der Waals surface area contributed by atoms with Crippen molar-refractivity contribution in [2.75, 3.05) is 26.7 Å². The first-order chi connectivity index (χ1) is 10.0. The lowest BCUT2D eigenvalue weighted by molar-refractivity contribution is -0.385. The Morgan fingerprint density at radius 1 is 1.52 bits per heavy atom. The summed E-state index contributed by atoms with van der Waals surface area (Å²) in [7, 11) is 1.93. The van der Waals surface area contributed by atoms with Gasteiger partial charge < -0.3 is 10.2 Å². The Morgan fingerprint density at radius 3 is 2.76 bits per heavy atom. The van der Waals surface area contributed by atoms with E-state index in [2.05, 4.69) is 15.5 Å². The van der Waals surface area contributed by atoms with Crippen LogP contribution in [0, 0.1) is 23.0 Å². The van der Waals surface area contributed by atoms with Gasteiger partial charge in [0, 0.05) is 13.1 Å². The highest BCUT2D eigenvalue weighted by Gasteiger charge is 2.32. The second-order valence-electron chi connectivity index (χ2n) is 5.43. The third kappa shape index (κ3) is 3.38. The van der Waals surface area contributed by atoms with E-state index in [0.29, 0.717) is 24.7 Å². The average molecular weight is 295 g/mol. The molecule has 1 aliphatic heterocycles. The molecule has 2 heterocycles. The quantitative estimate of drug-likeness (QED) is 0.625. The van der Waals surface area contributed by atoms with E-state index >= 15 is 0 Å². The zero-order valence-electron chi connectivity index (χ0n) is 12.4. The summed E-state index contributed by atoms with van der Waals surface area (Å²) in [6.45, 7) is 3.79. The number of carbonyl (C=O) groups is 1. The van der Waals surface area contributed by atoms with Crippen molar-refractivity contribution in [1.82, 2.24) is 20.4 Å².